The van der Waals surface area contributed by atoms with E-state index < -0.39 is 16.1 Å². The molecule has 0 unspecified atom stereocenters. The normalized spacial score (nSPS) is 12.1. The molecule has 0 saturated heterocycles. The third-order valence-electron chi connectivity index (χ3n) is 5.56. The number of benzene rings is 2. The monoisotopic (exact) mass is 487 g/mol. The smallest absolute Gasteiger partial charge is 0.242 e. The zero-order valence-electron chi connectivity index (χ0n) is 20.9. The van der Waals surface area contributed by atoms with Crippen LogP contribution in [0.5, 0.6) is 0 Å². The van der Waals surface area contributed by atoms with E-state index >= 15 is 0 Å². The van der Waals surface area contributed by atoms with Crippen LogP contribution >= 0.6 is 0 Å². The summed E-state index contributed by atoms with van der Waals surface area (Å²) in [6.45, 7) is 8.59. The van der Waals surface area contributed by atoms with Crippen molar-refractivity contribution in [3.05, 3.63) is 65.2 Å². The van der Waals surface area contributed by atoms with Crippen molar-refractivity contribution in [3.8, 4) is 0 Å². The van der Waals surface area contributed by atoms with E-state index in [0.29, 0.717) is 25.2 Å². The Hall–Kier alpha value is -2.87. The summed E-state index contributed by atoms with van der Waals surface area (Å²) < 4.78 is 26.3. The summed E-state index contributed by atoms with van der Waals surface area (Å²) in [5.41, 5.74) is 3.47. The summed E-state index contributed by atoms with van der Waals surface area (Å²) in [4.78, 5) is 27.4. The van der Waals surface area contributed by atoms with Crippen molar-refractivity contribution in [2.45, 2.75) is 59.5 Å². The highest BCUT2D eigenvalue weighted by Crippen LogP contribution is 2.22. The molecule has 1 atom stereocenters. The Morgan fingerprint density at radius 2 is 1.65 bits per heavy atom. The minimum atomic E-state index is -3.51. The Kier molecular flexibility index (Phi) is 10.1. The lowest BCUT2D eigenvalue weighted by atomic mass is 10.1. The Bertz CT molecular complexity index is 1050. The van der Waals surface area contributed by atoms with E-state index in [1.807, 2.05) is 69.3 Å². The van der Waals surface area contributed by atoms with Gasteiger partial charge < -0.3 is 10.2 Å². The molecule has 0 radical (unpaired) electrons. The third kappa shape index (κ3) is 8.17. The average Bonchev–Trinajstić information content (AvgIpc) is 2.77. The van der Waals surface area contributed by atoms with Crippen LogP contribution in [0.25, 0.3) is 0 Å². The summed E-state index contributed by atoms with van der Waals surface area (Å²) in [5, 5.41) is 2.86. The molecule has 0 heterocycles. The highest BCUT2D eigenvalue weighted by molar-refractivity contribution is 7.92. The van der Waals surface area contributed by atoms with E-state index in [4.69, 9.17) is 0 Å². The minimum absolute atomic E-state index is 0.134. The average molecular weight is 488 g/mol. The molecule has 2 aromatic carbocycles. The van der Waals surface area contributed by atoms with Gasteiger partial charge in [0, 0.05) is 26.1 Å². The summed E-state index contributed by atoms with van der Waals surface area (Å²) in [5.74, 6) is -0.379. The molecule has 0 aromatic heterocycles. The topological polar surface area (TPSA) is 86.8 Å². The number of sulfonamides is 1. The van der Waals surface area contributed by atoms with E-state index in [1.54, 1.807) is 11.8 Å². The van der Waals surface area contributed by atoms with E-state index in [0.717, 1.165) is 23.1 Å². The summed E-state index contributed by atoms with van der Waals surface area (Å²) in [6.07, 6.45) is 2.46. The van der Waals surface area contributed by atoms with Crippen LogP contribution in [0.4, 0.5) is 5.69 Å². The molecular weight excluding hydrogens is 450 g/mol. The molecule has 0 aliphatic carbocycles. The first kappa shape index (κ1) is 27.4. The Morgan fingerprint density at radius 3 is 2.21 bits per heavy atom. The van der Waals surface area contributed by atoms with Crippen molar-refractivity contribution in [2.75, 3.05) is 23.7 Å². The molecule has 8 heteroatoms. The van der Waals surface area contributed by atoms with Crippen molar-refractivity contribution in [1.29, 1.82) is 0 Å². The summed E-state index contributed by atoms with van der Waals surface area (Å²) >= 11 is 0. The fraction of sp³-hybridized carbons (Fsp3) is 0.462. The maximum atomic E-state index is 13.2. The zero-order chi connectivity index (χ0) is 25.3. The first-order valence-electron chi connectivity index (χ1n) is 11.7. The number of carbonyl (C=O) groups is 2. The summed E-state index contributed by atoms with van der Waals surface area (Å²) in [6, 6.07) is 14.5. The first-order valence-corrected chi connectivity index (χ1v) is 13.5. The third-order valence-corrected chi connectivity index (χ3v) is 6.75. The van der Waals surface area contributed by atoms with Gasteiger partial charge in [-0.15, -0.1) is 0 Å². The van der Waals surface area contributed by atoms with Crippen LogP contribution in [0.1, 0.15) is 49.8 Å². The fourth-order valence-corrected chi connectivity index (χ4v) is 4.81. The summed E-state index contributed by atoms with van der Waals surface area (Å²) in [7, 11) is -3.51. The van der Waals surface area contributed by atoms with E-state index in [9.17, 15) is 18.0 Å². The molecule has 0 fully saturated rings. The predicted molar refractivity (Wildman–Crippen MR) is 137 cm³/mol. The number of carbonyl (C=O) groups excluding carboxylic acids is 2. The molecule has 7 nitrogen and oxygen atoms in total. The molecule has 0 spiro atoms. The number of hydrogen-bond acceptors (Lipinski definition) is 4. The van der Waals surface area contributed by atoms with Crippen LogP contribution < -0.4 is 9.62 Å². The lowest BCUT2D eigenvalue weighted by molar-refractivity contribution is -0.140. The maximum absolute atomic E-state index is 13.2. The maximum Gasteiger partial charge on any atom is 0.242 e. The van der Waals surface area contributed by atoms with E-state index in [-0.39, 0.29) is 24.8 Å². The number of hydrogen-bond donors (Lipinski definition) is 1. The quantitative estimate of drug-likeness (QED) is 0.493. The van der Waals surface area contributed by atoms with Gasteiger partial charge in [0.25, 0.3) is 0 Å². The number of anilines is 1. The Balaban J connectivity index is 2.15. The van der Waals surface area contributed by atoms with Crippen LogP contribution in [0.15, 0.2) is 48.5 Å². The van der Waals surface area contributed by atoms with Gasteiger partial charge in [-0.25, -0.2) is 8.42 Å². The van der Waals surface area contributed by atoms with Gasteiger partial charge in [0.05, 0.1) is 11.9 Å². The molecule has 0 aliphatic rings. The molecular formula is C26H37N3O4S. The van der Waals surface area contributed by atoms with E-state index in [2.05, 4.69) is 5.32 Å². The second-order valence-corrected chi connectivity index (χ2v) is 10.7. The Morgan fingerprint density at radius 1 is 1.03 bits per heavy atom. The lowest BCUT2D eigenvalue weighted by Gasteiger charge is -2.29. The standard InChI is InChI=1S/C26H37N3O4S/c1-6-14-27-26(31)22(4)28(19-23-11-8-7-9-12-23)25(30)13-10-15-29(34(5,32)33)24-17-20(2)16-21(3)18-24/h7-9,11-12,16-18,22H,6,10,13-15,19H2,1-5H3,(H,27,31)/t22-/m0/s1. The van der Waals surface area contributed by atoms with Gasteiger partial charge in [-0.3, -0.25) is 13.9 Å². The highest BCUT2D eigenvalue weighted by Gasteiger charge is 2.26. The van der Waals surface area contributed by atoms with Crippen molar-refractivity contribution >= 4 is 27.5 Å². The van der Waals surface area contributed by atoms with Crippen LogP contribution in [0.2, 0.25) is 0 Å². The molecule has 2 rings (SSSR count). The van der Waals surface area contributed by atoms with Gasteiger partial charge in [0.1, 0.15) is 6.04 Å². The second kappa shape index (κ2) is 12.6. The second-order valence-electron chi connectivity index (χ2n) is 8.76. The largest absolute Gasteiger partial charge is 0.354 e. The lowest BCUT2D eigenvalue weighted by Crippen LogP contribution is -2.47. The van der Waals surface area contributed by atoms with Gasteiger partial charge in [-0.1, -0.05) is 43.3 Å². The Labute approximate surface area is 204 Å². The molecule has 0 saturated carbocycles. The number of aryl methyl sites for hydroxylation is 2. The van der Waals surface area contributed by atoms with Crippen molar-refractivity contribution in [2.24, 2.45) is 0 Å². The zero-order valence-corrected chi connectivity index (χ0v) is 21.7. The van der Waals surface area contributed by atoms with Gasteiger partial charge in [0.15, 0.2) is 0 Å². The highest BCUT2D eigenvalue weighted by atomic mass is 32.2. The van der Waals surface area contributed by atoms with Crippen molar-refractivity contribution < 1.29 is 18.0 Å². The number of nitrogens with zero attached hydrogens (tertiary/aromatic N) is 2. The fourth-order valence-electron chi connectivity index (χ4n) is 3.86. The van der Waals surface area contributed by atoms with Crippen LogP contribution in [-0.2, 0) is 26.2 Å². The van der Waals surface area contributed by atoms with Crippen molar-refractivity contribution in [3.63, 3.8) is 0 Å². The number of nitrogens with one attached hydrogen (secondary N) is 1. The number of amides is 2. The predicted octanol–water partition coefficient (Wildman–Crippen LogP) is 3.79. The molecule has 2 aromatic rings. The van der Waals surface area contributed by atoms with Gasteiger partial charge in [-0.05, 0) is 62.4 Å². The van der Waals surface area contributed by atoms with Gasteiger partial charge >= 0.3 is 0 Å². The molecule has 0 aliphatic heterocycles. The molecule has 34 heavy (non-hydrogen) atoms. The van der Waals surface area contributed by atoms with Gasteiger partial charge in [0.2, 0.25) is 21.8 Å². The molecule has 0 bridgehead atoms. The van der Waals surface area contributed by atoms with Crippen LogP contribution in [0.3, 0.4) is 0 Å². The first-order chi connectivity index (χ1) is 16.0. The van der Waals surface area contributed by atoms with Crippen LogP contribution in [0, 0.1) is 13.8 Å². The number of rotatable bonds is 12. The molecule has 186 valence electrons. The van der Waals surface area contributed by atoms with Crippen molar-refractivity contribution in [1.82, 2.24) is 10.2 Å². The van der Waals surface area contributed by atoms with Gasteiger partial charge in [-0.2, -0.15) is 0 Å². The molecule has 1 N–H and O–H groups in total. The van der Waals surface area contributed by atoms with Crippen LogP contribution in [-0.4, -0.2) is 50.5 Å². The SMILES string of the molecule is CCCNC(=O)[C@H](C)N(Cc1ccccc1)C(=O)CCCN(c1cc(C)cc(C)c1)S(C)(=O)=O. The van der Waals surface area contributed by atoms with E-state index in [1.165, 1.54) is 10.6 Å². The molecule has 2 amide bonds. The minimum Gasteiger partial charge on any atom is -0.354 e.